The number of anilines is 2. The molecule has 1 saturated heterocycles. The highest BCUT2D eigenvalue weighted by molar-refractivity contribution is 8.00. The fourth-order valence-corrected chi connectivity index (χ4v) is 8.02. The van der Waals surface area contributed by atoms with E-state index in [4.69, 9.17) is 4.74 Å². The number of methoxy groups -OCH3 is 1. The SMILES string of the molecule is COc1ccc(NC(=O)Cn2c3c(sc2=O)C(c2ccc(F)cc2)C2C(=O)N(c4ccc(C)cc4)C(=O)C2S3)cc1. The first-order chi connectivity index (χ1) is 19.7. The highest BCUT2D eigenvalue weighted by Crippen LogP contribution is 2.53. The van der Waals surface area contributed by atoms with E-state index in [1.807, 2.05) is 19.1 Å². The monoisotopic (exact) mass is 589 g/mol. The number of aryl methyl sites for hydroxylation is 1. The highest BCUT2D eigenvalue weighted by Gasteiger charge is 2.56. The maximum atomic E-state index is 13.9. The third-order valence-electron chi connectivity index (χ3n) is 7.25. The van der Waals surface area contributed by atoms with Crippen molar-refractivity contribution in [1.29, 1.82) is 0 Å². The van der Waals surface area contributed by atoms with Crippen molar-refractivity contribution in [2.45, 2.75) is 29.7 Å². The van der Waals surface area contributed by atoms with Gasteiger partial charge in [0.25, 0.3) is 0 Å². The van der Waals surface area contributed by atoms with Gasteiger partial charge in [-0.15, -0.1) is 0 Å². The van der Waals surface area contributed by atoms with Gasteiger partial charge in [-0.25, -0.2) is 9.29 Å². The number of benzene rings is 3. The van der Waals surface area contributed by atoms with Crippen LogP contribution in [-0.2, 0) is 20.9 Å². The summed E-state index contributed by atoms with van der Waals surface area (Å²) in [6, 6.07) is 19.7. The largest absolute Gasteiger partial charge is 0.497 e. The Bertz CT molecular complexity index is 1720. The maximum Gasteiger partial charge on any atom is 0.308 e. The zero-order valence-electron chi connectivity index (χ0n) is 22.0. The highest BCUT2D eigenvalue weighted by atomic mass is 32.2. The minimum atomic E-state index is -0.823. The van der Waals surface area contributed by atoms with Gasteiger partial charge in [0, 0.05) is 16.5 Å². The van der Waals surface area contributed by atoms with Gasteiger partial charge in [0.1, 0.15) is 23.4 Å². The van der Waals surface area contributed by atoms with Crippen LogP contribution < -0.4 is 19.8 Å². The van der Waals surface area contributed by atoms with Crippen LogP contribution in [-0.4, -0.2) is 34.6 Å². The third kappa shape index (κ3) is 4.85. The van der Waals surface area contributed by atoms with Crippen LogP contribution in [0.2, 0.25) is 0 Å². The molecule has 0 radical (unpaired) electrons. The summed E-state index contributed by atoms with van der Waals surface area (Å²) < 4.78 is 20.4. The fraction of sp³-hybridized carbons (Fsp3) is 0.200. The number of halogens is 1. The summed E-state index contributed by atoms with van der Waals surface area (Å²) in [7, 11) is 1.55. The number of carbonyl (C=O) groups excluding carboxylic acids is 3. The van der Waals surface area contributed by atoms with E-state index in [-0.39, 0.29) is 23.2 Å². The zero-order chi connectivity index (χ0) is 28.8. The van der Waals surface area contributed by atoms with E-state index >= 15 is 0 Å². The third-order valence-corrected chi connectivity index (χ3v) is 9.85. The fourth-order valence-electron chi connectivity index (χ4n) is 5.25. The van der Waals surface area contributed by atoms with Crippen LogP contribution in [0, 0.1) is 18.7 Å². The maximum absolute atomic E-state index is 13.9. The number of nitrogens with one attached hydrogen (secondary N) is 1. The summed E-state index contributed by atoms with van der Waals surface area (Å²) in [5.41, 5.74) is 2.61. The molecule has 3 aromatic carbocycles. The van der Waals surface area contributed by atoms with Crippen LogP contribution in [0.1, 0.15) is 21.9 Å². The number of thiazole rings is 1. The van der Waals surface area contributed by atoms with E-state index in [9.17, 15) is 23.6 Å². The predicted octanol–water partition coefficient (Wildman–Crippen LogP) is 4.80. The molecule has 0 spiro atoms. The minimum Gasteiger partial charge on any atom is -0.497 e. The molecule has 6 rings (SSSR count). The van der Waals surface area contributed by atoms with Crippen LogP contribution in [0.5, 0.6) is 5.75 Å². The lowest BCUT2D eigenvalue weighted by Gasteiger charge is -2.30. The number of amides is 3. The van der Waals surface area contributed by atoms with Gasteiger partial charge in [0.05, 0.1) is 23.7 Å². The molecular formula is C30H24FN3O5S2. The molecule has 0 bridgehead atoms. The van der Waals surface area contributed by atoms with Gasteiger partial charge in [0.15, 0.2) is 0 Å². The van der Waals surface area contributed by atoms with Gasteiger partial charge < -0.3 is 10.1 Å². The first-order valence-electron chi connectivity index (χ1n) is 12.8. The molecule has 2 aliphatic heterocycles. The van der Waals surface area contributed by atoms with Crippen molar-refractivity contribution < 1.29 is 23.5 Å². The number of hydrogen-bond donors (Lipinski definition) is 1. The number of rotatable bonds is 6. The number of ether oxygens (including phenoxy) is 1. The van der Waals surface area contributed by atoms with Crippen molar-refractivity contribution in [2.75, 3.05) is 17.3 Å². The number of fused-ring (bicyclic) bond motifs is 2. The first-order valence-corrected chi connectivity index (χ1v) is 14.5. The average molecular weight is 590 g/mol. The van der Waals surface area contributed by atoms with Gasteiger partial charge in [-0.3, -0.25) is 23.7 Å². The standard InChI is InChI=1S/C30H24FN3O5S2/c1-16-3-11-20(12-4-16)34-27(36)24-23(17-5-7-18(31)8-6-17)26-29(40-25(24)28(34)37)33(30(38)41-26)15-22(35)32-19-9-13-21(39-2)14-10-19/h3-14,23-25H,15H2,1-2H3,(H,32,35). The second kappa shape index (κ2) is 10.6. The Morgan fingerprint density at radius 2 is 1.63 bits per heavy atom. The van der Waals surface area contributed by atoms with Crippen LogP contribution in [0.25, 0.3) is 0 Å². The normalized spacial score (nSPS) is 19.6. The molecule has 2 aliphatic rings. The summed E-state index contributed by atoms with van der Waals surface area (Å²) in [6.07, 6.45) is 0. The first kappa shape index (κ1) is 27.0. The molecule has 3 amide bonds. The number of hydrogen-bond acceptors (Lipinski definition) is 7. The van der Waals surface area contributed by atoms with E-state index in [0.717, 1.165) is 28.7 Å². The molecule has 3 unspecified atom stereocenters. The second-order valence-electron chi connectivity index (χ2n) is 9.84. The van der Waals surface area contributed by atoms with E-state index in [0.29, 0.717) is 32.6 Å². The number of aromatic nitrogens is 1. The lowest BCUT2D eigenvalue weighted by atomic mass is 9.83. The van der Waals surface area contributed by atoms with Gasteiger partial charge in [0.2, 0.25) is 17.7 Å². The van der Waals surface area contributed by atoms with Crippen molar-refractivity contribution in [2.24, 2.45) is 5.92 Å². The molecular weight excluding hydrogens is 565 g/mol. The molecule has 11 heteroatoms. The molecule has 4 aromatic rings. The van der Waals surface area contributed by atoms with Crippen LogP contribution in [0.4, 0.5) is 15.8 Å². The van der Waals surface area contributed by atoms with Gasteiger partial charge in [-0.2, -0.15) is 0 Å². The molecule has 0 saturated carbocycles. The van der Waals surface area contributed by atoms with Crippen LogP contribution in [0.3, 0.4) is 0 Å². The van der Waals surface area contributed by atoms with Crippen molar-refractivity contribution in [3.8, 4) is 5.75 Å². The van der Waals surface area contributed by atoms with Crippen molar-refractivity contribution in [3.05, 3.63) is 104 Å². The summed E-state index contributed by atoms with van der Waals surface area (Å²) >= 11 is 2.08. The number of imide groups is 1. The van der Waals surface area contributed by atoms with Gasteiger partial charge >= 0.3 is 4.87 Å². The Balaban J connectivity index is 1.38. The van der Waals surface area contributed by atoms with E-state index < -0.39 is 28.8 Å². The van der Waals surface area contributed by atoms with Gasteiger partial charge in [-0.1, -0.05) is 52.9 Å². The summed E-state index contributed by atoms with van der Waals surface area (Å²) in [5.74, 6) is -2.45. The second-order valence-corrected chi connectivity index (χ2v) is 12.0. The minimum absolute atomic E-state index is 0.277. The van der Waals surface area contributed by atoms with Crippen LogP contribution >= 0.6 is 23.1 Å². The zero-order valence-corrected chi connectivity index (χ0v) is 23.6. The van der Waals surface area contributed by atoms with E-state index in [2.05, 4.69) is 5.32 Å². The Kier molecular flexibility index (Phi) is 7.00. The Morgan fingerprint density at radius 3 is 2.29 bits per heavy atom. The molecule has 3 heterocycles. The summed E-state index contributed by atoms with van der Waals surface area (Å²) in [6.45, 7) is 1.64. The van der Waals surface area contributed by atoms with E-state index in [1.54, 1.807) is 55.6 Å². The van der Waals surface area contributed by atoms with Gasteiger partial charge in [-0.05, 0) is 61.0 Å². The molecule has 1 aromatic heterocycles. The van der Waals surface area contributed by atoms with Crippen molar-refractivity contribution in [1.82, 2.24) is 4.57 Å². The lowest BCUT2D eigenvalue weighted by molar-refractivity contribution is -0.122. The Labute approximate surface area is 242 Å². The molecule has 8 nitrogen and oxygen atoms in total. The molecule has 208 valence electrons. The quantitative estimate of drug-likeness (QED) is 0.325. The Morgan fingerprint density at radius 1 is 0.951 bits per heavy atom. The predicted molar refractivity (Wildman–Crippen MR) is 155 cm³/mol. The van der Waals surface area contributed by atoms with Crippen molar-refractivity contribution in [3.63, 3.8) is 0 Å². The lowest BCUT2D eigenvalue weighted by Crippen LogP contribution is -2.33. The average Bonchev–Trinajstić information content (AvgIpc) is 3.40. The summed E-state index contributed by atoms with van der Waals surface area (Å²) in [4.78, 5) is 55.3. The smallest absolute Gasteiger partial charge is 0.308 e. The van der Waals surface area contributed by atoms with Crippen LogP contribution in [0.15, 0.2) is 82.6 Å². The van der Waals surface area contributed by atoms with Crippen molar-refractivity contribution >= 4 is 52.2 Å². The molecule has 0 aliphatic carbocycles. The Hall–Kier alpha value is -4.22. The molecule has 1 N–H and O–H groups in total. The van der Waals surface area contributed by atoms with E-state index in [1.165, 1.54) is 21.6 Å². The topological polar surface area (TPSA) is 97.7 Å². The summed E-state index contributed by atoms with van der Waals surface area (Å²) in [5, 5.41) is 2.42. The number of nitrogens with zero attached hydrogens (tertiary/aromatic N) is 2. The molecule has 41 heavy (non-hydrogen) atoms. The molecule has 3 atom stereocenters. The number of thioether (sulfide) groups is 1. The number of carbonyl (C=O) groups is 3. The molecule has 1 fully saturated rings.